The van der Waals surface area contributed by atoms with Crippen molar-refractivity contribution in [2.45, 2.75) is 63.8 Å². The van der Waals surface area contributed by atoms with Crippen molar-refractivity contribution in [2.75, 3.05) is 11.9 Å². The number of benzene rings is 2. The third kappa shape index (κ3) is 5.68. The van der Waals surface area contributed by atoms with Crippen LogP contribution in [0, 0.1) is 5.92 Å². The summed E-state index contributed by atoms with van der Waals surface area (Å²) in [5, 5.41) is 3.61. The van der Waals surface area contributed by atoms with Gasteiger partial charge in [-0.15, -0.1) is 0 Å². The van der Waals surface area contributed by atoms with Crippen LogP contribution in [0.25, 0.3) is 0 Å². The molecule has 2 aromatic rings. The first-order valence-corrected chi connectivity index (χ1v) is 11.9. The van der Waals surface area contributed by atoms with Crippen molar-refractivity contribution in [1.29, 1.82) is 0 Å². The molecule has 164 valence electrons. The zero-order chi connectivity index (χ0) is 21.6. The molecule has 2 fully saturated rings. The normalized spacial score (nSPS) is 19.6. The summed E-state index contributed by atoms with van der Waals surface area (Å²) in [6, 6.07) is 15.9. The Labute approximate surface area is 190 Å². The maximum absolute atomic E-state index is 13.0. The monoisotopic (exact) mass is 438 g/mol. The second-order valence-corrected chi connectivity index (χ2v) is 9.26. The quantitative estimate of drug-likeness (QED) is 0.608. The number of para-hydroxylation sites is 1. The molecule has 2 aliphatic rings. The Kier molecular flexibility index (Phi) is 7.29. The topological polar surface area (TPSA) is 49.4 Å². The van der Waals surface area contributed by atoms with Crippen molar-refractivity contribution >= 4 is 29.1 Å². The van der Waals surface area contributed by atoms with Crippen LogP contribution in [0.5, 0.6) is 0 Å². The van der Waals surface area contributed by atoms with E-state index in [1.165, 1.54) is 19.3 Å². The van der Waals surface area contributed by atoms with E-state index < -0.39 is 0 Å². The van der Waals surface area contributed by atoms with Gasteiger partial charge in [-0.25, -0.2) is 0 Å². The Morgan fingerprint density at radius 2 is 1.81 bits per heavy atom. The van der Waals surface area contributed by atoms with Crippen molar-refractivity contribution in [1.82, 2.24) is 4.90 Å². The van der Waals surface area contributed by atoms with Gasteiger partial charge in [0, 0.05) is 35.6 Å². The summed E-state index contributed by atoms with van der Waals surface area (Å²) in [4.78, 5) is 27.3. The first kappa shape index (κ1) is 21.9. The van der Waals surface area contributed by atoms with Gasteiger partial charge in [-0.1, -0.05) is 61.2 Å². The highest BCUT2D eigenvalue weighted by Gasteiger charge is 2.36. The van der Waals surface area contributed by atoms with Crippen LogP contribution in [-0.2, 0) is 22.4 Å². The minimum absolute atomic E-state index is 0.00856. The molecule has 0 aromatic heterocycles. The fraction of sp³-hybridized carbons (Fsp3) is 0.462. The molecule has 1 aliphatic carbocycles. The number of amides is 2. The lowest BCUT2D eigenvalue weighted by Crippen LogP contribution is -2.39. The molecule has 2 amide bonds. The van der Waals surface area contributed by atoms with Gasteiger partial charge in [0.05, 0.1) is 0 Å². The molecule has 0 radical (unpaired) electrons. The Hall–Kier alpha value is -2.33. The minimum Gasteiger partial charge on any atom is -0.339 e. The van der Waals surface area contributed by atoms with Gasteiger partial charge in [0.15, 0.2) is 0 Å². The molecule has 1 saturated heterocycles. The molecule has 0 spiro atoms. The van der Waals surface area contributed by atoms with Gasteiger partial charge < -0.3 is 10.2 Å². The number of hydrogen-bond acceptors (Lipinski definition) is 2. The fourth-order valence-electron chi connectivity index (χ4n) is 4.89. The van der Waals surface area contributed by atoms with Gasteiger partial charge in [0.2, 0.25) is 11.8 Å². The van der Waals surface area contributed by atoms with Gasteiger partial charge in [-0.05, 0) is 61.4 Å². The molecule has 4 rings (SSSR count). The molecular weight excluding hydrogens is 408 g/mol. The summed E-state index contributed by atoms with van der Waals surface area (Å²) in [7, 11) is 0. The summed E-state index contributed by atoms with van der Waals surface area (Å²) in [5.74, 6) is 0.345. The number of rotatable bonds is 7. The van der Waals surface area contributed by atoms with Crippen molar-refractivity contribution in [3.05, 3.63) is 64.7 Å². The van der Waals surface area contributed by atoms with E-state index in [-0.39, 0.29) is 11.8 Å². The van der Waals surface area contributed by atoms with Crippen LogP contribution in [0.2, 0.25) is 5.02 Å². The molecule has 31 heavy (non-hydrogen) atoms. The van der Waals surface area contributed by atoms with E-state index >= 15 is 0 Å². The smallest absolute Gasteiger partial charge is 0.226 e. The van der Waals surface area contributed by atoms with Gasteiger partial charge in [-0.3, -0.25) is 9.59 Å². The maximum atomic E-state index is 13.0. The van der Waals surface area contributed by atoms with Crippen LogP contribution in [0.3, 0.4) is 0 Å². The minimum atomic E-state index is -0.00856. The molecule has 1 N–H and O–H groups in total. The SMILES string of the molecule is O=C(CCc1ccc(CC2CCN(C3CCCCC3)C2=O)c(Cl)c1)Nc1ccccc1. The number of hydrogen-bond donors (Lipinski definition) is 1. The van der Waals surface area contributed by atoms with E-state index in [1.807, 2.05) is 48.5 Å². The van der Waals surface area contributed by atoms with Crippen LogP contribution in [0.15, 0.2) is 48.5 Å². The summed E-state index contributed by atoms with van der Waals surface area (Å²) in [6.07, 6.45) is 8.78. The molecule has 0 bridgehead atoms. The highest BCUT2D eigenvalue weighted by atomic mass is 35.5. The van der Waals surface area contributed by atoms with Crippen LogP contribution in [0.1, 0.15) is 56.1 Å². The number of aryl methyl sites for hydroxylation is 1. The zero-order valence-corrected chi connectivity index (χ0v) is 18.7. The molecular formula is C26H31ClN2O2. The number of anilines is 1. The summed E-state index contributed by atoms with van der Waals surface area (Å²) >= 11 is 6.56. The average molecular weight is 439 g/mol. The molecule has 1 saturated carbocycles. The lowest BCUT2D eigenvalue weighted by Gasteiger charge is -2.31. The summed E-state index contributed by atoms with van der Waals surface area (Å²) in [5.41, 5.74) is 2.88. The zero-order valence-electron chi connectivity index (χ0n) is 18.0. The van der Waals surface area contributed by atoms with E-state index in [9.17, 15) is 9.59 Å². The van der Waals surface area contributed by atoms with Crippen molar-refractivity contribution < 1.29 is 9.59 Å². The van der Waals surface area contributed by atoms with E-state index in [4.69, 9.17) is 11.6 Å². The molecule has 1 heterocycles. The van der Waals surface area contributed by atoms with Crippen LogP contribution >= 0.6 is 11.6 Å². The van der Waals surface area contributed by atoms with E-state index in [1.54, 1.807) is 0 Å². The van der Waals surface area contributed by atoms with Gasteiger partial charge in [0.1, 0.15) is 0 Å². The highest BCUT2D eigenvalue weighted by Crippen LogP contribution is 2.32. The summed E-state index contributed by atoms with van der Waals surface area (Å²) < 4.78 is 0. The van der Waals surface area contributed by atoms with Gasteiger partial charge in [-0.2, -0.15) is 0 Å². The van der Waals surface area contributed by atoms with Crippen molar-refractivity contribution in [3.8, 4) is 0 Å². The number of halogens is 1. The fourth-order valence-corrected chi connectivity index (χ4v) is 5.17. The van der Waals surface area contributed by atoms with Crippen molar-refractivity contribution in [3.63, 3.8) is 0 Å². The first-order valence-electron chi connectivity index (χ1n) is 11.5. The number of carbonyl (C=O) groups is 2. The maximum Gasteiger partial charge on any atom is 0.226 e. The first-order chi connectivity index (χ1) is 15.1. The molecule has 2 aromatic carbocycles. The number of nitrogens with one attached hydrogen (secondary N) is 1. The second kappa shape index (κ2) is 10.3. The predicted molar refractivity (Wildman–Crippen MR) is 125 cm³/mol. The Morgan fingerprint density at radius 3 is 2.55 bits per heavy atom. The largest absolute Gasteiger partial charge is 0.339 e. The molecule has 1 aliphatic heterocycles. The van der Waals surface area contributed by atoms with Crippen LogP contribution < -0.4 is 5.32 Å². The Balaban J connectivity index is 1.29. The Morgan fingerprint density at radius 1 is 1.03 bits per heavy atom. The number of carbonyl (C=O) groups excluding carboxylic acids is 2. The van der Waals surface area contributed by atoms with Crippen LogP contribution in [0.4, 0.5) is 5.69 Å². The average Bonchev–Trinajstić information content (AvgIpc) is 3.15. The second-order valence-electron chi connectivity index (χ2n) is 8.85. The molecule has 1 unspecified atom stereocenters. The van der Waals surface area contributed by atoms with E-state index in [0.717, 1.165) is 42.6 Å². The lowest BCUT2D eigenvalue weighted by molar-refractivity contribution is -0.133. The lowest BCUT2D eigenvalue weighted by atomic mass is 9.94. The standard InChI is InChI=1S/C26H31ClN2O2/c27-24-17-19(12-14-25(30)28-22-7-3-1-4-8-22)11-13-20(24)18-21-15-16-29(26(21)31)23-9-5-2-6-10-23/h1,3-4,7-8,11,13,17,21,23H,2,5-6,9-10,12,14-16,18H2,(H,28,30). The highest BCUT2D eigenvalue weighted by molar-refractivity contribution is 6.31. The molecule has 4 nitrogen and oxygen atoms in total. The molecule has 1 atom stereocenters. The number of nitrogens with zero attached hydrogens (tertiary/aromatic N) is 1. The van der Waals surface area contributed by atoms with Crippen LogP contribution in [-0.4, -0.2) is 29.3 Å². The van der Waals surface area contributed by atoms with Gasteiger partial charge in [0.25, 0.3) is 0 Å². The predicted octanol–water partition coefficient (Wildman–Crippen LogP) is 5.64. The molecule has 5 heteroatoms. The van der Waals surface area contributed by atoms with Gasteiger partial charge >= 0.3 is 0 Å². The van der Waals surface area contributed by atoms with E-state index in [0.29, 0.717) is 36.2 Å². The third-order valence-electron chi connectivity index (χ3n) is 6.65. The summed E-state index contributed by atoms with van der Waals surface area (Å²) in [6.45, 7) is 0.889. The Bertz CT molecular complexity index is 909. The van der Waals surface area contributed by atoms with Crippen molar-refractivity contribution in [2.24, 2.45) is 5.92 Å². The third-order valence-corrected chi connectivity index (χ3v) is 7.00. The number of likely N-dealkylation sites (tertiary alicyclic amines) is 1. The van der Waals surface area contributed by atoms with E-state index in [2.05, 4.69) is 10.2 Å².